The van der Waals surface area contributed by atoms with Gasteiger partial charge in [0.1, 0.15) is 0 Å². The van der Waals surface area contributed by atoms with Gasteiger partial charge in [0.25, 0.3) is 0 Å². The fraction of sp³-hybridized carbons (Fsp3) is 1.00. The quantitative estimate of drug-likeness (QED) is 0.693. The van der Waals surface area contributed by atoms with Gasteiger partial charge < -0.3 is 10.2 Å². The van der Waals surface area contributed by atoms with Crippen LogP contribution in [0.15, 0.2) is 0 Å². The summed E-state index contributed by atoms with van der Waals surface area (Å²) in [6.45, 7) is 4.99. The molecule has 0 aromatic rings. The van der Waals surface area contributed by atoms with Crippen LogP contribution >= 0.6 is 12.4 Å². The molecule has 7 heteroatoms. The Morgan fingerprint density at radius 2 is 2.19 bits per heavy atom. The highest BCUT2D eigenvalue weighted by molar-refractivity contribution is 7.89. The number of halogens is 1. The van der Waals surface area contributed by atoms with Gasteiger partial charge in [-0.3, -0.25) is 0 Å². The van der Waals surface area contributed by atoms with Crippen molar-refractivity contribution >= 4 is 22.4 Å². The first kappa shape index (κ1) is 16.1. The minimum atomic E-state index is -3.03. The fourth-order valence-electron chi connectivity index (χ4n) is 1.68. The van der Waals surface area contributed by atoms with E-state index in [0.717, 1.165) is 26.1 Å². The number of rotatable bonds is 6. The molecular formula is C9H22ClN3O2S. The normalized spacial score (nSPS) is 21.1. The van der Waals surface area contributed by atoms with Crippen molar-refractivity contribution in [3.8, 4) is 0 Å². The standard InChI is InChI=1S/C9H21N3O2S.ClH/c1-3-15(13,14)11-6-7-12(2)9-4-5-10-8-9;/h9-11H,3-8H2,1-2H3;1H. The van der Waals surface area contributed by atoms with Crippen LogP contribution in [0.2, 0.25) is 0 Å². The maximum Gasteiger partial charge on any atom is 0.211 e. The van der Waals surface area contributed by atoms with Crippen LogP contribution in [0.25, 0.3) is 0 Å². The van der Waals surface area contributed by atoms with E-state index in [0.29, 0.717) is 12.6 Å². The van der Waals surface area contributed by atoms with Gasteiger partial charge in [-0.05, 0) is 26.9 Å². The van der Waals surface area contributed by atoms with E-state index in [4.69, 9.17) is 0 Å². The molecule has 1 heterocycles. The molecule has 2 N–H and O–H groups in total. The highest BCUT2D eigenvalue weighted by atomic mass is 35.5. The average Bonchev–Trinajstić information content (AvgIpc) is 2.70. The van der Waals surface area contributed by atoms with Crippen LogP contribution in [0, 0.1) is 0 Å². The van der Waals surface area contributed by atoms with E-state index in [9.17, 15) is 8.42 Å². The molecule has 0 radical (unpaired) electrons. The summed E-state index contributed by atoms with van der Waals surface area (Å²) >= 11 is 0. The molecule has 0 spiro atoms. The summed E-state index contributed by atoms with van der Waals surface area (Å²) in [4.78, 5) is 2.21. The Hall–Kier alpha value is 0.120. The predicted octanol–water partition coefficient (Wildman–Crippen LogP) is -0.359. The number of hydrogen-bond donors (Lipinski definition) is 2. The SMILES string of the molecule is CCS(=O)(=O)NCCN(C)C1CCNC1.Cl. The third-order valence-corrected chi connectivity index (χ3v) is 4.23. The zero-order valence-electron chi connectivity index (χ0n) is 9.90. The predicted molar refractivity (Wildman–Crippen MR) is 68.6 cm³/mol. The second-order valence-electron chi connectivity index (χ2n) is 3.92. The van der Waals surface area contributed by atoms with Gasteiger partial charge in [-0.2, -0.15) is 0 Å². The minimum absolute atomic E-state index is 0. The number of hydrogen-bond acceptors (Lipinski definition) is 4. The summed E-state index contributed by atoms with van der Waals surface area (Å²) in [5.41, 5.74) is 0. The maximum absolute atomic E-state index is 11.2. The lowest BCUT2D eigenvalue weighted by molar-refractivity contribution is 0.261. The molecule has 16 heavy (non-hydrogen) atoms. The second-order valence-corrected chi connectivity index (χ2v) is 6.02. The maximum atomic E-state index is 11.2. The van der Waals surface area contributed by atoms with Crippen molar-refractivity contribution in [3.63, 3.8) is 0 Å². The van der Waals surface area contributed by atoms with Crippen LogP contribution in [-0.4, -0.2) is 58.3 Å². The molecule has 0 bridgehead atoms. The van der Waals surface area contributed by atoms with Crippen molar-refractivity contribution in [3.05, 3.63) is 0 Å². The zero-order valence-corrected chi connectivity index (χ0v) is 11.5. The van der Waals surface area contributed by atoms with E-state index < -0.39 is 10.0 Å². The molecule has 1 fully saturated rings. The number of nitrogens with one attached hydrogen (secondary N) is 2. The second kappa shape index (κ2) is 7.45. The number of nitrogens with zero attached hydrogens (tertiary/aromatic N) is 1. The third kappa shape index (κ3) is 5.45. The van der Waals surface area contributed by atoms with Crippen molar-refractivity contribution in [1.82, 2.24) is 14.9 Å². The summed E-state index contributed by atoms with van der Waals surface area (Å²) in [5.74, 6) is 0.154. The Balaban J connectivity index is 0.00000225. The Bertz CT molecular complexity index is 278. The van der Waals surface area contributed by atoms with Crippen molar-refractivity contribution < 1.29 is 8.42 Å². The summed E-state index contributed by atoms with van der Waals surface area (Å²) in [6, 6.07) is 0.552. The molecule has 98 valence electrons. The molecular weight excluding hydrogens is 250 g/mol. The summed E-state index contributed by atoms with van der Waals surface area (Å²) in [5, 5.41) is 3.29. The molecule has 0 aromatic carbocycles. The lowest BCUT2D eigenvalue weighted by Gasteiger charge is -2.23. The Kier molecular flexibility index (Phi) is 7.50. The first-order valence-electron chi connectivity index (χ1n) is 5.43. The third-order valence-electron chi connectivity index (χ3n) is 2.82. The molecule has 0 saturated carbocycles. The average molecular weight is 272 g/mol. The van der Waals surface area contributed by atoms with Crippen LogP contribution in [0.1, 0.15) is 13.3 Å². The Morgan fingerprint density at radius 3 is 2.69 bits per heavy atom. The highest BCUT2D eigenvalue weighted by Gasteiger charge is 2.18. The van der Waals surface area contributed by atoms with Crippen molar-refractivity contribution in [1.29, 1.82) is 0 Å². The highest BCUT2D eigenvalue weighted by Crippen LogP contribution is 2.04. The summed E-state index contributed by atoms with van der Waals surface area (Å²) < 4.78 is 24.9. The van der Waals surface area contributed by atoms with Gasteiger partial charge in [0.2, 0.25) is 10.0 Å². The van der Waals surface area contributed by atoms with Crippen molar-refractivity contribution in [2.45, 2.75) is 19.4 Å². The van der Waals surface area contributed by atoms with Gasteiger partial charge in [0.05, 0.1) is 5.75 Å². The summed E-state index contributed by atoms with van der Waals surface area (Å²) in [7, 11) is -0.991. The molecule has 0 aromatic heterocycles. The summed E-state index contributed by atoms with van der Waals surface area (Å²) in [6.07, 6.45) is 1.15. The van der Waals surface area contributed by atoms with E-state index in [1.54, 1.807) is 6.92 Å². The van der Waals surface area contributed by atoms with Gasteiger partial charge in [0, 0.05) is 25.7 Å². The fourth-order valence-corrected chi connectivity index (χ4v) is 2.28. The number of sulfonamides is 1. The molecule has 1 rings (SSSR count). The lowest BCUT2D eigenvalue weighted by atomic mass is 10.2. The Morgan fingerprint density at radius 1 is 1.50 bits per heavy atom. The minimum Gasteiger partial charge on any atom is -0.315 e. The molecule has 1 saturated heterocycles. The van der Waals surface area contributed by atoms with Gasteiger partial charge in [0.15, 0.2) is 0 Å². The lowest BCUT2D eigenvalue weighted by Crippen LogP contribution is -2.39. The van der Waals surface area contributed by atoms with Crippen LogP contribution < -0.4 is 10.0 Å². The van der Waals surface area contributed by atoms with E-state index in [-0.39, 0.29) is 18.2 Å². The molecule has 5 nitrogen and oxygen atoms in total. The smallest absolute Gasteiger partial charge is 0.211 e. The van der Waals surface area contributed by atoms with Gasteiger partial charge >= 0.3 is 0 Å². The van der Waals surface area contributed by atoms with Gasteiger partial charge in [-0.25, -0.2) is 13.1 Å². The van der Waals surface area contributed by atoms with Crippen molar-refractivity contribution in [2.75, 3.05) is 39.0 Å². The molecule has 0 amide bonds. The van der Waals surface area contributed by atoms with E-state index in [2.05, 4.69) is 14.9 Å². The van der Waals surface area contributed by atoms with Gasteiger partial charge in [-0.1, -0.05) is 0 Å². The van der Waals surface area contributed by atoms with Gasteiger partial charge in [-0.15, -0.1) is 12.4 Å². The van der Waals surface area contributed by atoms with Crippen molar-refractivity contribution in [2.24, 2.45) is 0 Å². The van der Waals surface area contributed by atoms with E-state index in [1.165, 1.54) is 0 Å². The van der Waals surface area contributed by atoms with Crippen LogP contribution in [-0.2, 0) is 10.0 Å². The number of likely N-dealkylation sites (N-methyl/N-ethyl adjacent to an activating group) is 1. The van der Waals surface area contributed by atoms with E-state index in [1.807, 2.05) is 7.05 Å². The van der Waals surface area contributed by atoms with E-state index >= 15 is 0 Å². The molecule has 1 aliphatic rings. The first-order valence-corrected chi connectivity index (χ1v) is 7.08. The molecule has 0 aliphatic carbocycles. The first-order chi connectivity index (χ1) is 7.05. The van der Waals surface area contributed by atoms with Crippen LogP contribution in [0.5, 0.6) is 0 Å². The van der Waals surface area contributed by atoms with Crippen LogP contribution in [0.3, 0.4) is 0 Å². The largest absolute Gasteiger partial charge is 0.315 e. The zero-order chi connectivity index (χ0) is 11.3. The molecule has 1 atom stereocenters. The molecule has 1 unspecified atom stereocenters. The Labute approximate surface area is 104 Å². The van der Waals surface area contributed by atoms with Crippen LogP contribution in [0.4, 0.5) is 0 Å². The molecule has 1 aliphatic heterocycles. The monoisotopic (exact) mass is 271 g/mol. The topological polar surface area (TPSA) is 61.4 Å².